The molecular formula is C8H16N6. The molecule has 14 heavy (non-hydrogen) atoms. The molecule has 1 heterocycles. The molecular weight excluding hydrogens is 180 g/mol. The average molecular weight is 196 g/mol. The molecule has 1 aromatic rings. The average Bonchev–Trinajstić information content (AvgIpc) is 2.49. The van der Waals surface area contributed by atoms with Crippen molar-refractivity contribution in [2.75, 3.05) is 11.6 Å². The zero-order chi connectivity index (χ0) is 10.1. The van der Waals surface area contributed by atoms with Crippen molar-refractivity contribution in [2.45, 2.75) is 37.6 Å². The molecule has 78 valence electrons. The normalized spacial score (nSPS) is 27.8. The highest BCUT2D eigenvalue weighted by Gasteiger charge is 2.28. The first-order valence-corrected chi connectivity index (χ1v) is 4.91. The molecule has 6 N–H and O–H groups in total. The van der Waals surface area contributed by atoms with Gasteiger partial charge in [0.05, 0.1) is 0 Å². The molecule has 0 saturated heterocycles. The summed E-state index contributed by atoms with van der Waals surface area (Å²) in [5.74, 6) is 6.88. The van der Waals surface area contributed by atoms with Crippen LogP contribution in [0.25, 0.3) is 0 Å². The van der Waals surface area contributed by atoms with Gasteiger partial charge in [0, 0.05) is 12.0 Å². The molecule has 0 aliphatic heterocycles. The van der Waals surface area contributed by atoms with Crippen LogP contribution >= 0.6 is 0 Å². The molecule has 1 saturated carbocycles. The summed E-state index contributed by atoms with van der Waals surface area (Å²) in [5.41, 5.74) is 11.5. The minimum absolute atomic E-state index is 0.134. The van der Waals surface area contributed by atoms with Gasteiger partial charge in [-0.05, 0) is 12.8 Å². The quantitative estimate of drug-likeness (QED) is 0.527. The van der Waals surface area contributed by atoms with Crippen LogP contribution < -0.4 is 17.3 Å². The molecule has 2 atom stereocenters. The van der Waals surface area contributed by atoms with E-state index in [1.165, 1.54) is 17.5 Å². The molecule has 0 radical (unpaired) electrons. The maximum Gasteiger partial charge on any atom is 0.240 e. The fourth-order valence-corrected chi connectivity index (χ4v) is 2.05. The predicted octanol–water partition coefficient (Wildman–Crippen LogP) is -0.441. The van der Waals surface area contributed by atoms with Crippen molar-refractivity contribution in [1.29, 1.82) is 0 Å². The highest BCUT2D eigenvalue weighted by Crippen LogP contribution is 2.30. The molecule has 0 bridgehead atoms. The van der Waals surface area contributed by atoms with Gasteiger partial charge >= 0.3 is 0 Å². The van der Waals surface area contributed by atoms with E-state index in [1.54, 1.807) is 0 Å². The third kappa shape index (κ3) is 1.41. The third-order valence-corrected chi connectivity index (χ3v) is 2.90. The Bertz CT molecular complexity index is 320. The monoisotopic (exact) mass is 196 g/mol. The Morgan fingerprint density at radius 2 is 1.93 bits per heavy atom. The molecule has 2 rings (SSSR count). The predicted molar refractivity (Wildman–Crippen MR) is 53.8 cm³/mol. The number of hydrogen-bond donors (Lipinski definition) is 3. The summed E-state index contributed by atoms with van der Waals surface area (Å²) in [6, 6.07) is 0.134. The van der Waals surface area contributed by atoms with Crippen LogP contribution in [-0.2, 0) is 0 Å². The fourth-order valence-electron chi connectivity index (χ4n) is 2.05. The number of hydrogen-bond acceptors (Lipinski definition) is 5. The number of nitrogens with zero attached hydrogens (tertiary/aromatic N) is 3. The second kappa shape index (κ2) is 3.45. The van der Waals surface area contributed by atoms with Crippen molar-refractivity contribution in [2.24, 2.45) is 5.73 Å². The Morgan fingerprint density at radius 3 is 2.50 bits per heavy atom. The zero-order valence-electron chi connectivity index (χ0n) is 8.06. The van der Waals surface area contributed by atoms with Crippen molar-refractivity contribution in [3.63, 3.8) is 0 Å². The van der Waals surface area contributed by atoms with Gasteiger partial charge in [0.2, 0.25) is 5.95 Å². The van der Waals surface area contributed by atoms with Crippen LogP contribution in [0.3, 0.4) is 0 Å². The van der Waals surface area contributed by atoms with Gasteiger partial charge in [-0.2, -0.15) is 0 Å². The van der Waals surface area contributed by atoms with Crippen LogP contribution in [0.2, 0.25) is 0 Å². The lowest BCUT2D eigenvalue weighted by atomic mass is 9.84. The first kappa shape index (κ1) is 9.26. The molecule has 1 aromatic heterocycles. The van der Waals surface area contributed by atoms with E-state index in [2.05, 4.69) is 10.2 Å². The lowest BCUT2D eigenvalue weighted by Crippen LogP contribution is -2.34. The van der Waals surface area contributed by atoms with Crippen LogP contribution in [0.1, 0.15) is 37.4 Å². The molecule has 1 aliphatic rings. The third-order valence-electron chi connectivity index (χ3n) is 2.90. The molecule has 1 fully saturated rings. The van der Waals surface area contributed by atoms with E-state index in [0.29, 0.717) is 0 Å². The SMILES string of the molecule is Nc1nnc(C2CCCCC2N)n1N. The van der Waals surface area contributed by atoms with E-state index in [4.69, 9.17) is 17.3 Å². The van der Waals surface area contributed by atoms with Crippen LogP contribution in [0.4, 0.5) is 5.95 Å². The van der Waals surface area contributed by atoms with Crippen molar-refractivity contribution < 1.29 is 0 Å². The zero-order valence-corrected chi connectivity index (χ0v) is 8.06. The lowest BCUT2D eigenvalue weighted by Gasteiger charge is -2.27. The Balaban J connectivity index is 2.24. The molecule has 6 nitrogen and oxygen atoms in total. The van der Waals surface area contributed by atoms with Gasteiger partial charge in [-0.3, -0.25) is 0 Å². The smallest absolute Gasteiger partial charge is 0.240 e. The topological polar surface area (TPSA) is 109 Å². The van der Waals surface area contributed by atoms with E-state index in [0.717, 1.165) is 18.7 Å². The molecule has 0 aromatic carbocycles. The van der Waals surface area contributed by atoms with Crippen LogP contribution in [0.15, 0.2) is 0 Å². The maximum absolute atomic E-state index is 6.01. The fraction of sp³-hybridized carbons (Fsp3) is 0.750. The minimum atomic E-state index is 0.134. The van der Waals surface area contributed by atoms with E-state index in [9.17, 15) is 0 Å². The summed E-state index contributed by atoms with van der Waals surface area (Å²) in [7, 11) is 0. The second-order valence-electron chi connectivity index (χ2n) is 3.84. The summed E-state index contributed by atoms with van der Waals surface area (Å²) in [6.07, 6.45) is 4.41. The molecule has 1 aliphatic carbocycles. The van der Waals surface area contributed by atoms with Gasteiger partial charge in [0.15, 0.2) is 5.82 Å². The van der Waals surface area contributed by atoms with E-state index >= 15 is 0 Å². The van der Waals surface area contributed by atoms with E-state index in [-0.39, 0.29) is 17.9 Å². The van der Waals surface area contributed by atoms with E-state index in [1.807, 2.05) is 0 Å². The summed E-state index contributed by atoms with van der Waals surface area (Å²) in [4.78, 5) is 0. The second-order valence-corrected chi connectivity index (χ2v) is 3.84. The largest absolute Gasteiger partial charge is 0.366 e. The number of rotatable bonds is 1. The molecule has 2 unspecified atom stereocenters. The Morgan fingerprint density at radius 1 is 1.21 bits per heavy atom. The van der Waals surface area contributed by atoms with Crippen LogP contribution in [0, 0.1) is 0 Å². The van der Waals surface area contributed by atoms with Gasteiger partial charge in [-0.15, -0.1) is 10.2 Å². The Labute approximate surface area is 82.4 Å². The highest BCUT2D eigenvalue weighted by molar-refractivity contribution is 5.20. The highest BCUT2D eigenvalue weighted by atomic mass is 15.4. The van der Waals surface area contributed by atoms with Crippen molar-refractivity contribution in [3.05, 3.63) is 5.82 Å². The lowest BCUT2D eigenvalue weighted by molar-refractivity contribution is 0.369. The minimum Gasteiger partial charge on any atom is -0.366 e. The van der Waals surface area contributed by atoms with Crippen molar-refractivity contribution in [3.8, 4) is 0 Å². The first-order chi connectivity index (χ1) is 6.70. The molecule has 6 heteroatoms. The summed E-state index contributed by atoms with van der Waals surface area (Å²) >= 11 is 0. The van der Waals surface area contributed by atoms with Gasteiger partial charge in [0.1, 0.15) is 0 Å². The summed E-state index contributed by atoms with van der Waals surface area (Å²) < 4.78 is 1.34. The van der Waals surface area contributed by atoms with Crippen LogP contribution in [0.5, 0.6) is 0 Å². The number of anilines is 1. The number of nitrogens with two attached hydrogens (primary N) is 3. The number of nitrogen functional groups attached to an aromatic ring is 2. The van der Waals surface area contributed by atoms with Gasteiger partial charge in [0.25, 0.3) is 0 Å². The standard InChI is InChI=1S/C8H16N6/c9-6-4-2-1-3-5(6)7-12-13-8(10)14(7)11/h5-6H,1-4,9,11H2,(H2,10,13). The molecule has 0 amide bonds. The van der Waals surface area contributed by atoms with Crippen molar-refractivity contribution in [1.82, 2.24) is 14.9 Å². The van der Waals surface area contributed by atoms with Gasteiger partial charge in [-0.25, -0.2) is 4.68 Å². The van der Waals surface area contributed by atoms with E-state index < -0.39 is 0 Å². The first-order valence-electron chi connectivity index (χ1n) is 4.91. The summed E-state index contributed by atoms with van der Waals surface area (Å²) in [5, 5.41) is 7.71. The van der Waals surface area contributed by atoms with Crippen LogP contribution in [-0.4, -0.2) is 20.9 Å². The Kier molecular flexibility index (Phi) is 2.28. The van der Waals surface area contributed by atoms with Crippen molar-refractivity contribution >= 4 is 5.95 Å². The maximum atomic E-state index is 6.01. The summed E-state index contributed by atoms with van der Waals surface area (Å²) in [6.45, 7) is 0. The van der Waals surface area contributed by atoms with Gasteiger partial charge < -0.3 is 17.3 Å². The van der Waals surface area contributed by atoms with Gasteiger partial charge in [-0.1, -0.05) is 12.8 Å². The number of aromatic nitrogens is 3. The molecule has 0 spiro atoms. The Hall–Kier alpha value is -1.30.